The normalized spacial score (nSPS) is 15.9. The maximum atomic E-state index is 13.1. The van der Waals surface area contributed by atoms with Gasteiger partial charge in [-0.2, -0.15) is 0 Å². The Morgan fingerprint density at radius 2 is 1.93 bits per heavy atom. The molecule has 2 aromatic carbocycles. The number of hydrogen-bond donors (Lipinski definition) is 1. The third-order valence-electron chi connectivity index (χ3n) is 4.83. The highest BCUT2D eigenvalue weighted by Crippen LogP contribution is 2.34. The van der Waals surface area contributed by atoms with Crippen molar-refractivity contribution < 1.29 is 19.1 Å². The number of H-pyrrole nitrogens is 1. The quantitative estimate of drug-likeness (QED) is 0.569. The number of anilines is 1. The van der Waals surface area contributed by atoms with Crippen LogP contribution in [0, 0.1) is 6.92 Å². The van der Waals surface area contributed by atoms with E-state index in [9.17, 15) is 9.59 Å². The predicted octanol–water partition coefficient (Wildman–Crippen LogP) is 3.10. The molecule has 0 bridgehead atoms. The summed E-state index contributed by atoms with van der Waals surface area (Å²) in [7, 11) is 1.33. The molecule has 0 amide bonds. The molecule has 1 aromatic heterocycles. The number of benzene rings is 2. The van der Waals surface area contributed by atoms with Crippen LogP contribution in [0.3, 0.4) is 0 Å². The summed E-state index contributed by atoms with van der Waals surface area (Å²) in [5, 5.41) is 0.908. The molecule has 0 fully saturated rings. The lowest BCUT2D eigenvalue weighted by Gasteiger charge is -2.34. The van der Waals surface area contributed by atoms with E-state index in [1.54, 1.807) is 6.07 Å². The molecule has 4 rings (SSSR count). The smallest absolute Gasteiger partial charge is 0.348 e. The van der Waals surface area contributed by atoms with Gasteiger partial charge in [0.25, 0.3) is 0 Å². The van der Waals surface area contributed by atoms with Crippen LogP contribution in [0.2, 0.25) is 0 Å². The van der Waals surface area contributed by atoms with Gasteiger partial charge in [-0.05, 0) is 25.1 Å². The molecule has 3 aromatic rings. The van der Waals surface area contributed by atoms with E-state index < -0.39 is 12.1 Å². The predicted molar refractivity (Wildman–Crippen MR) is 102 cm³/mol. The molecule has 0 saturated carbocycles. The van der Waals surface area contributed by atoms with Crippen molar-refractivity contribution in [2.45, 2.75) is 13.0 Å². The number of esters is 1. The Balaban J connectivity index is 1.67. The van der Waals surface area contributed by atoms with Crippen molar-refractivity contribution in [3.8, 4) is 5.75 Å². The molecule has 1 aliphatic heterocycles. The van der Waals surface area contributed by atoms with Crippen LogP contribution in [0.15, 0.2) is 48.5 Å². The standard InChI is InChI=1S/C21H20N2O4/c1-13-20(14-7-3-4-8-15(14)22-13)17(24)11-23-12-19(21(25)26-2)27-18-10-6-5-9-16(18)23/h3-10,19,22H,11-12H2,1-2H3. The minimum Gasteiger partial charge on any atom is -0.475 e. The summed E-state index contributed by atoms with van der Waals surface area (Å²) >= 11 is 0. The van der Waals surface area contributed by atoms with Gasteiger partial charge in [0, 0.05) is 22.2 Å². The maximum absolute atomic E-state index is 13.1. The molecule has 0 spiro atoms. The molecule has 0 aliphatic carbocycles. The number of fused-ring (bicyclic) bond motifs is 2. The topological polar surface area (TPSA) is 71.6 Å². The van der Waals surface area contributed by atoms with Gasteiger partial charge >= 0.3 is 5.97 Å². The van der Waals surface area contributed by atoms with E-state index in [0.29, 0.717) is 11.3 Å². The van der Waals surface area contributed by atoms with Crippen LogP contribution >= 0.6 is 0 Å². The first kappa shape index (κ1) is 17.1. The van der Waals surface area contributed by atoms with Crippen LogP contribution in [-0.2, 0) is 9.53 Å². The monoisotopic (exact) mass is 364 g/mol. The van der Waals surface area contributed by atoms with E-state index >= 15 is 0 Å². The van der Waals surface area contributed by atoms with E-state index in [4.69, 9.17) is 9.47 Å². The summed E-state index contributed by atoms with van der Waals surface area (Å²) < 4.78 is 10.6. The lowest BCUT2D eigenvalue weighted by molar-refractivity contribution is -0.148. The number of nitrogens with one attached hydrogen (secondary N) is 1. The van der Waals surface area contributed by atoms with Gasteiger partial charge in [-0.1, -0.05) is 30.3 Å². The number of nitrogens with zero attached hydrogens (tertiary/aromatic N) is 1. The highest BCUT2D eigenvalue weighted by atomic mass is 16.6. The highest BCUT2D eigenvalue weighted by Gasteiger charge is 2.32. The maximum Gasteiger partial charge on any atom is 0.348 e. The largest absolute Gasteiger partial charge is 0.475 e. The summed E-state index contributed by atoms with van der Waals surface area (Å²) in [5.74, 6) is 0.109. The van der Waals surface area contributed by atoms with Crippen LogP contribution < -0.4 is 9.64 Å². The number of para-hydroxylation sites is 3. The minimum atomic E-state index is -0.762. The summed E-state index contributed by atoms with van der Waals surface area (Å²) in [6.07, 6.45) is -0.762. The second-order valence-electron chi connectivity index (χ2n) is 6.57. The van der Waals surface area contributed by atoms with Crippen molar-refractivity contribution in [1.82, 2.24) is 4.98 Å². The Labute approximate surface area is 156 Å². The molecule has 2 heterocycles. The molecular formula is C21H20N2O4. The number of aromatic amines is 1. The van der Waals surface area contributed by atoms with Gasteiger partial charge in [-0.25, -0.2) is 4.79 Å². The second kappa shape index (κ2) is 6.79. The van der Waals surface area contributed by atoms with E-state index in [0.717, 1.165) is 22.3 Å². The Bertz CT molecular complexity index is 1020. The number of carbonyl (C=O) groups is 2. The Morgan fingerprint density at radius 1 is 1.19 bits per heavy atom. The van der Waals surface area contributed by atoms with Crippen LogP contribution in [0.5, 0.6) is 5.75 Å². The van der Waals surface area contributed by atoms with Gasteiger partial charge in [0.15, 0.2) is 5.78 Å². The van der Waals surface area contributed by atoms with Crippen molar-refractivity contribution in [3.63, 3.8) is 0 Å². The number of hydrogen-bond acceptors (Lipinski definition) is 5. The molecule has 1 aliphatic rings. The first-order valence-electron chi connectivity index (χ1n) is 8.77. The number of carbonyl (C=O) groups excluding carboxylic acids is 2. The molecule has 1 atom stereocenters. The van der Waals surface area contributed by atoms with Gasteiger partial charge < -0.3 is 19.4 Å². The fraction of sp³-hybridized carbons (Fsp3) is 0.238. The Kier molecular flexibility index (Phi) is 4.32. The molecule has 6 heteroatoms. The fourth-order valence-corrected chi connectivity index (χ4v) is 3.60. The molecule has 1 N–H and O–H groups in total. The van der Waals surface area contributed by atoms with E-state index in [1.807, 2.05) is 54.3 Å². The molecule has 27 heavy (non-hydrogen) atoms. The van der Waals surface area contributed by atoms with Gasteiger partial charge in [0.2, 0.25) is 6.10 Å². The lowest BCUT2D eigenvalue weighted by Crippen LogP contribution is -2.46. The molecule has 138 valence electrons. The van der Waals surface area contributed by atoms with Crippen LogP contribution in [0.1, 0.15) is 16.1 Å². The molecule has 0 saturated heterocycles. The summed E-state index contributed by atoms with van der Waals surface area (Å²) in [4.78, 5) is 30.3. The van der Waals surface area contributed by atoms with Crippen molar-refractivity contribution in [1.29, 1.82) is 0 Å². The zero-order valence-corrected chi connectivity index (χ0v) is 15.2. The first-order valence-corrected chi connectivity index (χ1v) is 8.77. The number of Topliss-reactive ketones (excluding diaryl/α,β-unsaturated/α-hetero) is 1. The number of rotatable bonds is 4. The van der Waals surface area contributed by atoms with Gasteiger partial charge in [0.1, 0.15) is 5.75 Å². The van der Waals surface area contributed by atoms with Gasteiger partial charge in [-0.3, -0.25) is 4.79 Å². The average Bonchev–Trinajstić information content (AvgIpc) is 3.03. The van der Waals surface area contributed by atoms with Gasteiger partial charge in [-0.15, -0.1) is 0 Å². The zero-order valence-electron chi connectivity index (χ0n) is 15.2. The van der Waals surface area contributed by atoms with Crippen molar-refractivity contribution in [3.05, 3.63) is 59.8 Å². The highest BCUT2D eigenvalue weighted by molar-refractivity contribution is 6.11. The third kappa shape index (κ3) is 3.03. The second-order valence-corrected chi connectivity index (χ2v) is 6.57. The fourth-order valence-electron chi connectivity index (χ4n) is 3.60. The number of ketones is 1. The number of aryl methyl sites for hydroxylation is 1. The number of ether oxygens (including phenoxy) is 2. The van der Waals surface area contributed by atoms with Crippen molar-refractivity contribution >= 4 is 28.3 Å². The average molecular weight is 364 g/mol. The summed E-state index contributed by atoms with van der Waals surface area (Å²) in [6, 6.07) is 15.1. The van der Waals surface area contributed by atoms with Gasteiger partial charge in [0.05, 0.1) is 25.9 Å². The Morgan fingerprint density at radius 3 is 2.74 bits per heavy atom. The molecule has 0 radical (unpaired) electrons. The van der Waals surface area contributed by atoms with Crippen LogP contribution in [0.25, 0.3) is 10.9 Å². The van der Waals surface area contributed by atoms with Crippen LogP contribution in [0.4, 0.5) is 5.69 Å². The van der Waals surface area contributed by atoms with Crippen molar-refractivity contribution in [2.24, 2.45) is 0 Å². The van der Waals surface area contributed by atoms with Crippen molar-refractivity contribution in [2.75, 3.05) is 25.1 Å². The molecule has 1 unspecified atom stereocenters. The third-order valence-corrected chi connectivity index (χ3v) is 4.83. The lowest BCUT2D eigenvalue weighted by atomic mass is 10.1. The first-order chi connectivity index (χ1) is 13.1. The molecule has 6 nitrogen and oxygen atoms in total. The van der Waals surface area contributed by atoms with E-state index in [-0.39, 0.29) is 18.9 Å². The summed E-state index contributed by atoms with van der Waals surface area (Å²) in [5.41, 5.74) is 3.26. The SMILES string of the molecule is COC(=O)C1CN(CC(=O)c2c(C)[nH]c3ccccc23)c2ccccc2O1. The molecular weight excluding hydrogens is 344 g/mol. The van der Waals surface area contributed by atoms with Crippen LogP contribution in [-0.4, -0.2) is 43.0 Å². The minimum absolute atomic E-state index is 0.00901. The zero-order chi connectivity index (χ0) is 19.0. The number of methoxy groups -OCH3 is 1. The van der Waals surface area contributed by atoms with E-state index in [1.165, 1.54) is 7.11 Å². The van der Waals surface area contributed by atoms with E-state index in [2.05, 4.69) is 4.98 Å². The summed E-state index contributed by atoms with van der Waals surface area (Å²) in [6.45, 7) is 2.31. The Hall–Kier alpha value is -3.28. The number of aromatic nitrogens is 1.